The molecule has 1 heterocycles. The van der Waals surface area contributed by atoms with Crippen molar-refractivity contribution in [1.29, 1.82) is 0 Å². The number of aryl methyl sites for hydroxylation is 2. The summed E-state index contributed by atoms with van der Waals surface area (Å²) in [4.78, 5) is 44.0. The number of carbonyl (C=O) groups excluding carboxylic acids is 3. The van der Waals surface area contributed by atoms with Crippen molar-refractivity contribution in [1.82, 2.24) is 10.3 Å². The fourth-order valence-electron chi connectivity index (χ4n) is 3.93. The summed E-state index contributed by atoms with van der Waals surface area (Å²) in [5.41, 5.74) is 2.29. The second kappa shape index (κ2) is 11.8. The van der Waals surface area contributed by atoms with E-state index in [-0.39, 0.29) is 43.1 Å². The Morgan fingerprint density at radius 1 is 1.12 bits per heavy atom. The lowest BCUT2D eigenvalue weighted by Gasteiger charge is -2.27. The summed E-state index contributed by atoms with van der Waals surface area (Å²) in [7, 11) is 1.53. The molecule has 1 aliphatic rings. The van der Waals surface area contributed by atoms with Gasteiger partial charge in [0, 0.05) is 24.3 Å². The maximum Gasteiger partial charge on any atom is 0.240 e. The van der Waals surface area contributed by atoms with Crippen molar-refractivity contribution in [2.24, 2.45) is 0 Å². The molecule has 2 aromatic rings. The van der Waals surface area contributed by atoms with Crippen molar-refractivity contribution in [2.75, 3.05) is 23.9 Å². The molecule has 3 rings (SSSR count). The van der Waals surface area contributed by atoms with Gasteiger partial charge in [-0.05, 0) is 44.4 Å². The molecule has 0 atom stereocenters. The topological polar surface area (TPSA) is 101 Å². The van der Waals surface area contributed by atoms with E-state index >= 15 is 0 Å². The normalized spacial score (nSPS) is 13.9. The standard InChI is InChI=1S/C24H32N4O4S/c1-16-9-10-20(32-3)19(13-16)28(14-22(30)26-18-7-5-4-6-8-18)23(31)12-11-21(29)27-24-25-17(2)15-33-24/h9-10,13,15,18H,4-8,11-12,14H2,1-3H3,(H,26,30)(H,25,27,29). The highest BCUT2D eigenvalue weighted by Crippen LogP contribution is 2.30. The number of aromatic nitrogens is 1. The second-order valence-corrected chi connectivity index (χ2v) is 9.26. The number of ether oxygens (including phenoxy) is 1. The molecule has 8 nitrogen and oxygen atoms in total. The zero-order valence-electron chi connectivity index (χ0n) is 19.5. The average Bonchev–Trinajstić information content (AvgIpc) is 3.20. The number of nitrogens with one attached hydrogen (secondary N) is 2. The zero-order chi connectivity index (χ0) is 23.8. The van der Waals surface area contributed by atoms with Gasteiger partial charge in [-0.1, -0.05) is 25.3 Å². The first-order valence-electron chi connectivity index (χ1n) is 11.3. The van der Waals surface area contributed by atoms with Gasteiger partial charge in [0.1, 0.15) is 12.3 Å². The average molecular weight is 473 g/mol. The molecule has 1 aromatic carbocycles. The molecule has 3 amide bonds. The molecular weight excluding hydrogens is 440 g/mol. The summed E-state index contributed by atoms with van der Waals surface area (Å²) in [5.74, 6) is -0.313. The first kappa shape index (κ1) is 24.7. The molecule has 1 aromatic heterocycles. The van der Waals surface area contributed by atoms with Crippen LogP contribution in [0.5, 0.6) is 5.75 Å². The fourth-order valence-corrected chi connectivity index (χ4v) is 4.64. The van der Waals surface area contributed by atoms with Crippen LogP contribution in [-0.2, 0) is 14.4 Å². The maximum atomic E-state index is 13.2. The Morgan fingerprint density at radius 3 is 2.55 bits per heavy atom. The highest BCUT2D eigenvalue weighted by Gasteiger charge is 2.25. The number of anilines is 2. The van der Waals surface area contributed by atoms with Crippen LogP contribution in [0.4, 0.5) is 10.8 Å². The molecule has 1 aliphatic carbocycles. The monoisotopic (exact) mass is 472 g/mol. The van der Waals surface area contributed by atoms with E-state index < -0.39 is 0 Å². The molecule has 1 fully saturated rings. The van der Waals surface area contributed by atoms with Gasteiger partial charge in [-0.3, -0.25) is 19.3 Å². The number of rotatable bonds is 9. The SMILES string of the molecule is COc1ccc(C)cc1N(CC(=O)NC1CCCCC1)C(=O)CCC(=O)Nc1nc(C)cs1. The molecule has 9 heteroatoms. The van der Waals surface area contributed by atoms with Crippen molar-refractivity contribution in [3.8, 4) is 5.75 Å². The molecule has 33 heavy (non-hydrogen) atoms. The third kappa shape index (κ3) is 7.28. The van der Waals surface area contributed by atoms with Crippen molar-refractivity contribution < 1.29 is 19.1 Å². The van der Waals surface area contributed by atoms with Crippen LogP contribution in [0.2, 0.25) is 0 Å². The summed E-state index contributed by atoms with van der Waals surface area (Å²) in [5, 5.41) is 8.14. The molecule has 0 spiro atoms. The number of amides is 3. The largest absolute Gasteiger partial charge is 0.495 e. The number of carbonyl (C=O) groups is 3. The molecule has 178 valence electrons. The van der Waals surface area contributed by atoms with Gasteiger partial charge in [0.2, 0.25) is 17.7 Å². The van der Waals surface area contributed by atoms with E-state index in [0.29, 0.717) is 16.6 Å². The Balaban J connectivity index is 1.70. The van der Waals surface area contributed by atoms with Crippen LogP contribution in [-0.4, -0.2) is 42.4 Å². The molecule has 0 radical (unpaired) electrons. The molecule has 1 saturated carbocycles. The van der Waals surface area contributed by atoms with Crippen molar-refractivity contribution in [3.63, 3.8) is 0 Å². The van der Waals surface area contributed by atoms with Crippen LogP contribution in [0.1, 0.15) is 56.2 Å². The smallest absolute Gasteiger partial charge is 0.240 e. The van der Waals surface area contributed by atoms with Gasteiger partial charge in [0.15, 0.2) is 5.13 Å². The van der Waals surface area contributed by atoms with E-state index in [1.54, 1.807) is 6.07 Å². The highest BCUT2D eigenvalue weighted by atomic mass is 32.1. The third-order valence-corrected chi connectivity index (χ3v) is 6.51. The molecule has 2 N–H and O–H groups in total. The first-order valence-corrected chi connectivity index (χ1v) is 12.2. The number of methoxy groups -OCH3 is 1. The Hall–Kier alpha value is -2.94. The lowest BCUT2D eigenvalue weighted by molar-refractivity contribution is -0.125. The minimum absolute atomic E-state index is 0.00760. The summed E-state index contributed by atoms with van der Waals surface area (Å²) in [6.07, 6.45) is 5.28. The van der Waals surface area contributed by atoms with E-state index in [1.807, 2.05) is 31.4 Å². The van der Waals surface area contributed by atoms with E-state index in [0.717, 1.165) is 36.9 Å². The molecular formula is C24H32N4O4S. The number of benzene rings is 1. The van der Waals surface area contributed by atoms with Gasteiger partial charge in [-0.2, -0.15) is 0 Å². The summed E-state index contributed by atoms with van der Waals surface area (Å²) in [6, 6.07) is 5.64. The predicted octanol–water partition coefficient (Wildman–Crippen LogP) is 3.97. The van der Waals surface area contributed by atoms with Crippen molar-refractivity contribution in [2.45, 2.75) is 64.8 Å². The van der Waals surface area contributed by atoms with Crippen LogP contribution in [0.15, 0.2) is 23.6 Å². The second-order valence-electron chi connectivity index (χ2n) is 8.40. The van der Waals surface area contributed by atoms with Crippen LogP contribution >= 0.6 is 11.3 Å². The molecule has 0 saturated heterocycles. The summed E-state index contributed by atoms with van der Waals surface area (Å²) >= 11 is 1.34. The van der Waals surface area contributed by atoms with Gasteiger partial charge < -0.3 is 15.4 Å². The van der Waals surface area contributed by atoms with Crippen molar-refractivity contribution >= 4 is 39.9 Å². The highest BCUT2D eigenvalue weighted by molar-refractivity contribution is 7.13. The van der Waals surface area contributed by atoms with Crippen LogP contribution in [0.3, 0.4) is 0 Å². The van der Waals surface area contributed by atoms with Gasteiger partial charge in [0.25, 0.3) is 0 Å². The van der Waals surface area contributed by atoms with E-state index in [1.165, 1.54) is 29.8 Å². The number of hydrogen-bond donors (Lipinski definition) is 2. The number of nitrogens with zero attached hydrogens (tertiary/aromatic N) is 2. The minimum Gasteiger partial charge on any atom is -0.495 e. The van der Waals surface area contributed by atoms with Crippen LogP contribution in [0.25, 0.3) is 0 Å². The molecule has 0 bridgehead atoms. The Bertz CT molecular complexity index is 985. The molecule has 0 aliphatic heterocycles. The van der Waals surface area contributed by atoms with Gasteiger partial charge in [-0.25, -0.2) is 4.98 Å². The summed E-state index contributed by atoms with van der Waals surface area (Å²) in [6.45, 7) is 3.64. The Kier molecular flexibility index (Phi) is 8.82. The third-order valence-electron chi connectivity index (χ3n) is 5.63. The maximum absolute atomic E-state index is 13.2. The van der Waals surface area contributed by atoms with Gasteiger partial charge in [0.05, 0.1) is 18.5 Å². The van der Waals surface area contributed by atoms with Gasteiger partial charge in [-0.15, -0.1) is 11.3 Å². The summed E-state index contributed by atoms with van der Waals surface area (Å²) < 4.78 is 5.46. The Labute approximate surface area is 198 Å². The van der Waals surface area contributed by atoms with Crippen LogP contribution in [0, 0.1) is 13.8 Å². The first-order chi connectivity index (χ1) is 15.9. The molecule has 0 unspecified atom stereocenters. The van der Waals surface area contributed by atoms with E-state index in [2.05, 4.69) is 15.6 Å². The lowest BCUT2D eigenvalue weighted by Crippen LogP contribution is -2.45. The lowest BCUT2D eigenvalue weighted by atomic mass is 9.95. The number of thiazole rings is 1. The van der Waals surface area contributed by atoms with E-state index in [4.69, 9.17) is 4.74 Å². The van der Waals surface area contributed by atoms with Gasteiger partial charge >= 0.3 is 0 Å². The van der Waals surface area contributed by atoms with E-state index in [9.17, 15) is 14.4 Å². The van der Waals surface area contributed by atoms with Crippen LogP contribution < -0.4 is 20.3 Å². The Morgan fingerprint density at radius 2 is 1.88 bits per heavy atom. The minimum atomic E-state index is -0.317. The quantitative estimate of drug-likeness (QED) is 0.575. The van der Waals surface area contributed by atoms with Crippen molar-refractivity contribution in [3.05, 3.63) is 34.8 Å². The number of hydrogen-bond acceptors (Lipinski definition) is 6. The fraction of sp³-hybridized carbons (Fsp3) is 0.500. The zero-order valence-corrected chi connectivity index (χ0v) is 20.3. The predicted molar refractivity (Wildman–Crippen MR) is 130 cm³/mol.